The van der Waals surface area contributed by atoms with Gasteiger partial charge in [0.05, 0.1) is 12.7 Å². The van der Waals surface area contributed by atoms with E-state index in [4.69, 9.17) is 11.6 Å². The van der Waals surface area contributed by atoms with E-state index in [2.05, 4.69) is 9.72 Å². The molecule has 1 aromatic heterocycles. The lowest BCUT2D eigenvalue weighted by molar-refractivity contribution is 0.150. The number of methoxy groups -OCH3 is 1. The highest BCUT2D eigenvalue weighted by molar-refractivity contribution is 6.30. The van der Waals surface area contributed by atoms with E-state index in [9.17, 15) is 13.2 Å². The highest BCUT2D eigenvalue weighted by Crippen LogP contribution is 2.29. The number of hydrogen-bond donors (Lipinski definition) is 0. The fourth-order valence-corrected chi connectivity index (χ4v) is 0.975. The second-order valence-electron chi connectivity index (χ2n) is 2.16. The van der Waals surface area contributed by atoms with Crippen LogP contribution >= 0.6 is 11.6 Å². The van der Waals surface area contributed by atoms with Gasteiger partial charge in [0.2, 0.25) is 0 Å². The Bertz CT molecular complexity index is 319. The van der Waals surface area contributed by atoms with Crippen molar-refractivity contribution in [2.45, 2.75) is 6.43 Å². The third kappa shape index (κ3) is 2.03. The smallest absolute Gasteiger partial charge is 0.266 e. The molecule has 0 aromatic carbocycles. The van der Waals surface area contributed by atoms with Gasteiger partial charge in [0.25, 0.3) is 12.3 Å². The molecule has 1 rings (SSSR count). The second-order valence-corrected chi connectivity index (χ2v) is 2.52. The summed E-state index contributed by atoms with van der Waals surface area (Å²) in [5, 5.41) is -0.451. The summed E-state index contributed by atoms with van der Waals surface area (Å²) in [6, 6.07) is 0.610. The Morgan fingerprint density at radius 2 is 2.15 bits per heavy atom. The van der Waals surface area contributed by atoms with E-state index in [-0.39, 0.29) is 0 Å². The number of pyridine rings is 1. The number of ether oxygens (including phenoxy) is 1. The van der Waals surface area contributed by atoms with Crippen molar-refractivity contribution in [1.82, 2.24) is 4.98 Å². The van der Waals surface area contributed by atoms with E-state index in [0.717, 1.165) is 0 Å². The Morgan fingerprint density at radius 1 is 1.54 bits per heavy atom. The monoisotopic (exact) mass is 211 g/mol. The average Bonchev–Trinajstić information content (AvgIpc) is 2.07. The summed E-state index contributed by atoms with van der Waals surface area (Å²) in [6.07, 6.45) is -2.85. The van der Waals surface area contributed by atoms with E-state index in [1.165, 1.54) is 7.11 Å². The molecule has 1 aromatic rings. The van der Waals surface area contributed by atoms with Gasteiger partial charge in [-0.25, -0.2) is 13.2 Å². The summed E-state index contributed by atoms with van der Waals surface area (Å²) in [4.78, 5) is 3.30. The molecule has 0 N–H and O–H groups in total. The molecule has 0 aliphatic heterocycles. The van der Waals surface area contributed by atoms with Crippen molar-refractivity contribution in [3.63, 3.8) is 0 Å². The number of rotatable bonds is 2. The third-order valence-corrected chi connectivity index (χ3v) is 1.66. The van der Waals surface area contributed by atoms with Crippen LogP contribution in [0.25, 0.3) is 0 Å². The summed E-state index contributed by atoms with van der Waals surface area (Å²) >= 11 is 5.34. The van der Waals surface area contributed by atoms with Crippen LogP contribution < -0.4 is 4.74 Å². The zero-order valence-corrected chi connectivity index (χ0v) is 7.28. The first kappa shape index (κ1) is 10.1. The number of aromatic nitrogens is 1. The zero-order valence-electron chi connectivity index (χ0n) is 6.52. The molecule has 0 fully saturated rings. The van der Waals surface area contributed by atoms with E-state index >= 15 is 0 Å². The minimum atomic E-state index is -2.85. The van der Waals surface area contributed by atoms with E-state index in [1.807, 2.05) is 0 Å². The van der Waals surface area contributed by atoms with Gasteiger partial charge in [-0.3, -0.25) is 0 Å². The Labute approximate surface area is 77.3 Å². The van der Waals surface area contributed by atoms with Gasteiger partial charge in [0.15, 0.2) is 5.82 Å². The van der Waals surface area contributed by atoms with Crippen LogP contribution in [0.3, 0.4) is 0 Å². The molecule has 0 atom stereocenters. The molecule has 0 aliphatic carbocycles. The van der Waals surface area contributed by atoms with Crippen molar-refractivity contribution in [1.29, 1.82) is 0 Å². The molecule has 0 saturated heterocycles. The number of hydrogen-bond acceptors (Lipinski definition) is 2. The lowest BCUT2D eigenvalue weighted by Gasteiger charge is -2.05. The van der Waals surface area contributed by atoms with Gasteiger partial charge in [0.1, 0.15) is 5.15 Å². The molecule has 0 spiro atoms. The zero-order chi connectivity index (χ0) is 10.0. The normalized spacial score (nSPS) is 10.6. The van der Waals surface area contributed by atoms with Gasteiger partial charge < -0.3 is 4.74 Å². The quantitative estimate of drug-likeness (QED) is 0.702. The molecule has 0 unspecified atom stereocenters. The standard InChI is InChI=1S/C7H5ClF3NO/c1-13-7-4(9)2-3(6(10)11)5(8)12-7/h2,6H,1H3. The van der Waals surface area contributed by atoms with Gasteiger partial charge in [-0.15, -0.1) is 0 Å². The topological polar surface area (TPSA) is 22.1 Å². The van der Waals surface area contributed by atoms with Crippen molar-refractivity contribution in [2.75, 3.05) is 7.11 Å². The lowest BCUT2D eigenvalue weighted by Crippen LogP contribution is -1.97. The van der Waals surface area contributed by atoms with E-state index in [1.54, 1.807) is 0 Å². The van der Waals surface area contributed by atoms with Gasteiger partial charge in [-0.05, 0) is 6.07 Å². The van der Waals surface area contributed by atoms with Gasteiger partial charge >= 0.3 is 0 Å². The lowest BCUT2D eigenvalue weighted by atomic mass is 10.3. The molecule has 13 heavy (non-hydrogen) atoms. The molecule has 0 saturated carbocycles. The molecule has 0 aliphatic rings. The molecule has 2 nitrogen and oxygen atoms in total. The molecular weight excluding hydrogens is 207 g/mol. The van der Waals surface area contributed by atoms with Gasteiger partial charge in [0, 0.05) is 0 Å². The Hall–Kier alpha value is -0.970. The predicted octanol–water partition coefficient (Wildman–Crippen LogP) is 2.82. The first-order chi connectivity index (χ1) is 6.06. The SMILES string of the molecule is COc1nc(Cl)c(C(F)F)cc1F. The van der Waals surface area contributed by atoms with Crippen LogP contribution in [-0.4, -0.2) is 12.1 Å². The van der Waals surface area contributed by atoms with Crippen molar-refractivity contribution < 1.29 is 17.9 Å². The minimum Gasteiger partial charge on any atom is -0.479 e. The summed E-state index contributed by atoms with van der Waals surface area (Å²) in [5.74, 6) is -1.35. The molecule has 72 valence electrons. The maximum atomic E-state index is 12.8. The molecule has 6 heteroatoms. The summed E-state index contributed by atoms with van der Waals surface area (Å²) < 4.78 is 41.5. The summed E-state index contributed by atoms with van der Waals surface area (Å²) in [7, 11) is 1.17. The molecular formula is C7H5ClF3NO. The van der Waals surface area contributed by atoms with Crippen molar-refractivity contribution >= 4 is 11.6 Å². The maximum absolute atomic E-state index is 12.8. The van der Waals surface area contributed by atoms with Crippen LogP contribution in [0.2, 0.25) is 5.15 Å². The van der Waals surface area contributed by atoms with Gasteiger partial charge in [-0.2, -0.15) is 4.98 Å². The average molecular weight is 212 g/mol. The molecule has 0 bridgehead atoms. The van der Waals surface area contributed by atoms with Crippen LogP contribution in [-0.2, 0) is 0 Å². The Morgan fingerprint density at radius 3 is 2.62 bits per heavy atom. The van der Waals surface area contributed by atoms with Crippen molar-refractivity contribution in [3.05, 3.63) is 22.6 Å². The highest BCUT2D eigenvalue weighted by Gasteiger charge is 2.17. The summed E-state index contributed by atoms with van der Waals surface area (Å²) in [5.41, 5.74) is -0.639. The Balaban J connectivity index is 3.20. The number of halogens is 4. The molecule has 1 heterocycles. The molecule has 0 radical (unpaired) electrons. The van der Waals surface area contributed by atoms with Crippen molar-refractivity contribution in [3.8, 4) is 5.88 Å². The van der Waals surface area contributed by atoms with Crippen molar-refractivity contribution in [2.24, 2.45) is 0 Å². The number of alkyl halides is 2. The predicted molar refractivity (Wildman–Crippen MR) is 40.7 cm³/mol. The minimum absolute atomic E-state index is 0.394. The maximum Gasteiger partial charge on any atom is 0.266 e. The first-order valence-electron chi connectivity index (χ1n) is 3.24. The fraction of sp³-hybridized carbons (Fsp3) is 0.286. The summed E-state index contributed by atoms with van der Waals surface area (Å²) in [6.45, 7) is 0. The van der Waals surface area contributed by atoms with Crippen LogP contribution in [0.5, 0.6) is 5.88 Å². The second kappa shape index (κ2) is 3.83. The van der Waals surface area contributed by atoms with Crippen LogP contribution in [0.4, 0.5) is 13.2 Å². The van der Waals surface area contributed by atoms with E-state index < -0.39 is 28.8 Å². The first-order valence-corrected chi connectivity index (χ1v) is 3.62. The third-order valence-electron chi connectivity index (χ3n) is 1.35. The Kier molecular flexibility index (Phi) is 2.98. The van der Waals surface area contributed by atoms with Crippen LogP contribution in [0.15, 0.2) is 6.07 Å². The van der Waals surface area contributed by atoms with Crippen LogP contribution in [0.1, 0.15) is 12.0 Å². The van der Waals surface area contributed by atoms with Crippen LogP contribution in [0, 0.1) is 5.82 Å². The molecule has 0 amide bonds. The largest absolute Gasteiger partial charge is 0.479 e. The highest BCUT2D eigenvalue weighted by atomic mass is 35.5. The fourth-order valence-electron chi connectivity index (χ4n) is 0.761. The number of nitrogens with zero attached hydrogens (tertiary/aromatic N) is 1. The van der Waals surface area contributed by atoms with Gasteiger partial charge in [-0.1, -0.05) is 11.6 Å². The van der Waals surface area contributed by atoms with E-state index in [0.29, 0.717) is 6.07 Å².